The van der Waals surface area contributed by atoms with Gasteiger partial charge in [0.15, 0.2) is 6.61 Å². The second kappa shape index (κ2) is 7.92. The van der Waals surface area contributed by atoms with Crippen LogP contribution in [0.25, 0.3) is 0 Å². The number of nitrogens with one attached hydrogen (secondary N) is 1. The van der Waals surface area contributed by atoms with Crippen molar-refractivity contribution in [2.24, 2.45) is 0 Å². The zero-order valence-electron chi connectivity index (χ0n) is 14.8. The third-order valence-corrected chi connectivity index (χ3v) is 5.25. The predicted octanol–water partition coefficient (Wildman–Crippen LogP) is 4.64. The van der Waals surface area contributed by atoms with Gasteiger partial charge in [-0.15, -0.1) is 0 Å². The van der Waals surface area contributed by atoms with Crippen molar-refractivity contribution in [1.82, 2.24) is 0 Å². The summed E-state index contributed by atoms with van der Waals surface area (Å²) in [5.41, 5.74) is 1.92. The molecule has 5 heteroatoms. The van der Waals surface area contributed by atoms with E-state index in [1.807, 2.05) is 43.3 Å². The minimum absolute atomic E-state index is 0.289. The lowest BCUT2D eigenvalue weighted by Crippen LogP contribution is -2.36. The van der Waals surface area contributed by atoms with Crippen LogP contribution in [0.1, 0.15) is 36.8 Å². The number of para-hydroxylation sites is 1. The standard InChI is InChI=1S/C21H22ClNO3/c1-15-6-2-3-7-18(15)23-19(24)14-26-20(25)21(12-4-5-13-21)16-8-10-17(22)11-9-16/h2-3,6-11H,4-5,12-14H2,1H3,(H,23,24). The van der Waals surface area contributed by atoms with E-state index in [4.69, 9.17) is 16.3 Å². The van der Waals surface area contributed by atoms with Crippen molar-refractivity contribution in [3.63, 3.8) is 0 Å². The molecule has 1 fully saturated rings. The summed E-state index contributed by atoms with van der Waals surface area (Å²) in [7, 11) is 0. The summed E-state index contributed by atoms with van der Waals surface area (Å²) in [5.74, 6) is -0.672. The van der Waals surface area contributed by atoms with E-state index in [0.717, 1.165) is 42.5 Å². The lowest BCUT2D eigenvalue weighted by molar-refractivity contribution is -0.153. The molecule has 3 rings (SSSR count). The van der Waals surface area contributed by atoms with Gasteiger partial charge in [-0.2, -0.15) is 0 Å². The highest BCUT2D eigenvalue weighted by molar-refractivity contribution is 6.30. The van der Waals surface area contributed by atoms with Crippen molar-refractivity contribution in [3.8, 4) is 0 Å². The van der Waals surface area contributed by atoms with Gasteiger partial charge in [0.05, 0.1) is 5.41 Å². The number of aryl methyl sites for hydroxylation is 1. The van der Waals surface area contributed by atoms with Gasteiger partial charge in [0, 0.05) is 10.7 Å². The van der Waals surface area contributed by atoms with Gasteiger partial charge in [0.25, 0.3) is 5.91 Å². The molecule has 26 heavy (non-hydrogen) atoms. The molecule has 0 radical (unpaired) electrons. The first kappa shape index (κ1) is 18.5. The van der Waals surface area contributed by atoms with Crippen LogP contribution in [0.2, 0.25) is 5.02 Å². The molecule has 2 aromatic rings. The van der Waals surface area contributed by atoms with Gasteiger partial charge in [0.1, 0.15) is 0 Å². The van der Waals surface area contributed by atoms with Gasteiger partial charge in [-0.3, -0.25) is 9.59 Å². The molecular weight excluding hydrogens is 350 g/mol. The summed E-state index contributed by atoms with van der Waals surface area (Å²) in [6, 6.07) is 14.8. The van der Waals surface area contributed by atoms with Crippen molar-refractivity contribution in [1.29, 1.82) is 0 Å². The SMILES string of the molecule is Cc1ccccc1NC(=O)COC(=O)C1(c2ccc(Cl)cc2)CCCC1. The average Bonchev–Trinajstić information content (AvgIpc) is 3.13. The lowest BCUT2D eigenvalue weighted by Gasteiger charge is -2.27. The van der Waals surface area contributed by atoms with E-state index in [1.54, 1.807) is 12.1 Å². The van der Waals surface area contributed by atoms with Crippen LogP contribution in [0.15, 0.2) is 48.5 Å². The molecule has 0 unspecified atom stereocenters. The fourth-order valence-corrected chi connectivity index (χ4v) is 3.65. The van der Waals surface area contributed by atoms with E-state index < -0.39 is 5.41 Å². The highest BCUT2D eigenvalue weighted by Gasteiger charge is 2.44. The zero-order valence-corrected chi connectivity index (χ0v) is 15.5. The maximum atomic E-state index is 12.8. The first-order chi connectivity index (χ1) is 12.5. The summed E-state index contributed by atoms with van der Waals surface area (Å²) < 4.78 is 5.40. The van der Waals surface area contributed by atoms with Crippen molar-refractivity contribution in [2.75, 3.05) is 11.9 Å². The minimum atomic E-state index is -0.673. The highest BCUT2D eigenvalue weighted by Crippen LogP contribution is 2.42. The van der Waals surface area contributed by atoms with E-state index in [9.17, 15) is 9.59 Å². The van der Waals surface area contributed by atoms with Crippen LogP contribution in [0.3, 0.4) is 0 Å². The van der Waals surface area contributed by atoms with Crippen molar-refractivity contribution >= 4 is 29.2 Å². The minimum Gasteiger partial charge on any atom is -0.455 e. The predicted molar refractivity (Wildman–Crippen MR) is 102 cm³/mol. The van der Waals surface area contributed by atoms with Gasteiger partial charge < -0.3 is 10.1 Å². The largest absolute Gasteiger partial charge is 0.455 e. The number of carbonyl (C=O) groups excluding carboxylic acids is 2. The number of amides is 1. The summed E-state index contributed by atoms with van der Waals surface area (Å²) in [5, 5.41) is 3.41. The van der Waals surface area contributed by atoms with Gasteiger partial charge in [0.2, 0.25) is 0 Å². The Balaban J connectivity index is 1.66. The molecule has 0 aromatic heterocycles. The fraction of sp³-hybridized carbons (Fsp3) is 0.333. The normalized spacial score (nSPS) is 15.5. The number of hydrogen-bond donors (Lipinski definition) is 1. The number of anilines is 1. The molecule has 0 bridgehead atoms. The number of halogens is 1. The van der Waals surface area contributed by atoms with E-state index in [0.29, 0.717) is 5.02 Å². The third-order valence-electron chi connectivity index (χ3n) is 5.00. The first-order valence-corrected chi connectivity index (χ1v) is 9.18. The number of ether oxygens (including phenoxy) is 1. The molecule has 1 saturated carbocycles. The van der Waals surface area contributed by atoms with E-state index >= 15 is 0 Å². The van der Waals surface area contributed by atoms with Crippen LogP contribution in [-0.4, -0.2) is 18.5 Å². The second-order valence-electron chi connectivity index (χ2n) is 6.74. The molecule has 1 aliphatic carbocycles. The van der Waals surface area contributed by atoms with E-state index in [1.165, 1.54) is 0 Å². The monoisotopic (exact) mass is 371 g/mol. The summed E-state index contributed by atoms with van der Waals surface area (Å²) in [4.78, 5) is 25.0. The topological polar surface area (TPSA) is 55.4 Å². The summed E-state index contributed by atoms with van der Waals surface area (Å²) >= 11 is 5.97. The molecular formula is C21H22ClNO3. The van der Waals surface area contributed by atoms with E-state index in [2.05, 4.69) is 5.32 Å². The molecule has 0 saturated heterocycles. The Bertz CT molecular complexity index is 795. The quantitative estimate of drug-likeness (QED) is 0.779. The number of carbonyl (C=O) groups is 2. The Hall–Kier alpha value is -2.33. The van der Waals surface area contributed by atoms with Crippen LogP contribution in [0.5, 0.6) is 0 Å². The van der Waals surface area contributed by atoms with E-state index in [-0.39, 0.29) is 18.5 Å². The smallest absolute Gasteiger partial charge is 0.317 e. The highest BCUT2D eigenvalue weighted by atomic mass is 35.5. The number of hydrogen-bond acceptors (Lipinski definition) is 3. The number of rotatable bonds is 5. The molecule has 2 aromatic carbocycles. The van der Waals surface area contributed by atoms with Gasteiger partial charge in [-0.05, 0) is 49.1 Å². The Kier molecular flexibility index (Phi) is 5.62. The molecule has 0 heterocycles. The third kappa shape index (κ3) is 3.91. The molecule has 0 atom stereocenters. The number of benzene rings is 2. The van der Waals surface area contributed by atoms with Gasteiger partial charge >= 0.3 is 5.97 Å². The number of esters is 1. The first-order valence-electron chi connectivity index (χ1n) is 8.80. The van der Waals surface area contributed by atoms with Crippen LogP contribution >= 0.6 is 11.6 Å². The molecule has 0 aliphatic heterocycles. The van der Waals surface area contributed by atoms with Gasteiger partial charge in [-0.25, -0.2) is 0 Å². The maximum Gasteiger partial charge on any atom is 0.317 e. The van der Waals surface area contributed by atoms with Crippen molar-refractivity contribution < 1.29 is 14.3 Å². The van der Waals surface area contributed by atoms with Crippen LogP contribution in [0.4, 0.5) is 5.69 Å². The van der Waals surface area contributed by atoms with Crippen LogP contribution < -0.4 is 5.32 Å². The summed E-state index contributed by atoms with van der Waals surface area (Å²) in [6.07, 6.45) is 3.39. The van der Waals surface area contributed by atoms with Crippen LogP contribution in [-0.2, 0) is 19.7 Å². The summed E-state index contributed by atoms with van der Waals surface area (Å²) in [6.45, 7) is 1.62. The maximum absolute atomic E-state index is 12.8. The van der Waals surface area contributed by atoms with Crippen molar-refractivity contribution in [3.05, 3.63) is 64.7 Å². The molecule has 1 aliphatic rings. The second-order valence-corrected chi connectivity index (χ2v) is 7.17. The lowest BCUT2D eigenvalue weighted by atomic mass is 9.79. The zero-order chi connectivity index (χ0) is 18.6. The fourth-order valence-electron chi connectivity index (χ4n) is 3.53. The molecule has 1 amide bonds. The molecule has 136 valence electrons. The molecule has 0 spiro atoms. The Morgan fingerprint density at radius 1 is 1.08 bits per heavy atom. The Labute approximate surface area is 158 Å². The Morgan fingerprint density at radius 3 is 2.38 bits per heavy atom. The van der Waals surface area contributed by atoms with Crippen molar-refractivity contribution in [2.45, 2.75) is 38.0 Å². The Morgan fingerprint density at radius 2 is 1.73 bits per heavy atom. The van der Waals surface area contributed by atoms with Crippen LogP contribution in [0, 0.1) is 6.92 Å². The average molecular weight is 372 g/mol. The van der Waals surface area contributed by atoms with Gasteiger partial charge in [-0.1, -0.05) is 54.8 Å². The molecule has 1 N–H and O–H groups in total. The molecule has 4 nitrogen and oxygen atoms in total.